The molecule has 0 amide bonds. The molecule has 0 saturated heterocycles. The molecular weight excluding hydrogens is 338 g/mol. The summed E-state index contributed by atoms with van der Waals surface area (Å²) in [4.78, 5) is 15.1. The van der Waals surface area contributed by atoms with Crippen LogP contribution in [0.1, 0.15) is 5.01 Å². The highest BCUT2D eigenvalue weighted by atomic mass is 32.1. The maximum absolute atomic E-state index is 10.7. The normalized spacial score (nSPS) is 10.4. The van der Waals surface area contributed by atoms with Gasteiger partial charge in [-0.05, 0) is 36.4 Å². The van der Waals surface area contributed by atoms with Gasteiger partial charge in [0.25, 0.3) is 0 Å². The second kappa shape index (κ2) is 8.30. The fourth-order valence-corrected chi connectivity index (χ4v) is 3.01. The van der Waals surface area contributed by atoms with Gasteiger partial charge in [0.15, 0.2) is 0 Å². The summed E-state index contributed by atoms with van der Waals surface area (Å²) in [5, 5.41) is 11.3. The summed E-state index contributed by atoms with van der Waals surface area (Å²) < 4.78 is 11.2. The Hall–Kier alpha value is -2.86. The van der Waals surface area contributed by atoms with E-state index in [-0.39, 0.29) is 6.42 Å². The van der Waals surface area contributed by atoms with Crippen LogP contribution in [-0.4, -0.2) is 29.3 Å². The third-order valence-corrected chi connectivity index (χ3v) is 4.22. The van der Waals surface area contributed by atoms with E-state index >= 15 is 0 Å². The fourth-order valence-electron chi connectivity index (χ4n) is 2.21. The highest BCUT2D eigenvalue weighted by molar-refractivity contribution is 7.10. The zero-order chi connectivity index (χ0) is 17.5. The van der Waals surface area contributed by atoms with Gasteiger partial charge >= 0.3 is 5.97 Å². The SMILES string of the molecule is O=C(O)Cc1nc(-c2ccc(OCCOc3ccccc3)cc2)cs1. The molecule has 0 unspecified atom stereocenters. The number of benzene rings is 2. The predicted molar refractivity (Wildman–Crippen MR) is 96.3 cm³/mol. The van der Waals surface area contributed by atoms with E-state index in [1.54, 1.807) is 0 Å². The molecule has 1 N–H and O–H groups in total. The number of hydrogen-bond donors (Lipinski definition) is 1. The first kappa shape index (κ1) is 17.0. The van der Waals surface area contributed by atoms with Gasteiger partial charge in [-0.1, -0.05) is 18.2 Å². The van der Waals surface area contributed by atoms with Crippen molar-refractivity contribution < 1.29 is 19.4 Å². The lowest BCUT2D eigenvalue weighted by Crippen LogP contribution is -2.08. The number of para-hydroxylation sites is 1. The molecule has 2 aromatic carbocycles. The Morgan fingerprint density at radius 1 is 0.960 bits per heavy atom. The van der Waals surface area contributed by atoms with Crippen LogP contribution in [-0.2, 0) is 11.2 Å². The van der Waals surface area contributed by atoms with Crippen molar-refractivity contribution in [3.05, 3.63) is 65.0 Å². The van der Waals surface area contributed by atoms with Crippen molar-refractivity contribution in [2.24, 2.45) is 0 Å². The number of nitrogens with zero attached hydrogens (tertiary/aromatic N) is 1. The molecule has 0 aliphatic heterocycles. The lowest BCUT2D eigenvalue weighted by atomic mass is 10.2. The summed E-state index contributed by atoms with van der Waals surface area (Å²) in [5.41, 5.74) is 1.71. The Morgan fingerprint density at radius 2 is 1.60 bits per heavy atom. The van der Waals surface area contributed by atoms with Gasteiger partial charge in [-0.3, -0.25) is 4.79 Å². The lowest BCUT2D eigenvalue weighted by Gasteiger charge is -2.08. The van der Waals surface area contributed by atoms with Crippen LogP contribution < -0.4 is 9.47 Å². The summed E-state index contributed by atoms with van der Waals surface area (Å²) in [6, 6.07) is 17.2. The molecule has 25 heavy (non-hydrogen) atoms. The van der Waals surface area contributed by atoms with Gasteiger partial charge in [0.1, 0.15) is 29.7 Å². The van der Waals surface area contributed by atoms with Gasteiger partial charge in [0, 0.05) is 10.9 Å². The van der Waals surface area contributed by atoms with Crippen molar-refractivity contribution in [1.29, 1.82) is 0 Å². The molecule has 0 saturated carbocycles. The number of carboxylic acid groups (broad SMARTS) is 1. The van der Waals surface area contributed by atoms with E-state index in [1.807, 2.05) is 60.0 Å². The second-order valence-electron chi connectivity index (χ2n) is 5.23. The van der Waals surface area contributed by atoms with Crippen LogP contribution >= 0.6 is 11.3 Å². The largest absolute Gasteiger partial charge is 0.490 e. The number of carbonyl (C=O) groups is 1. The van der Waals surface area contributed by atoms with Crippen LogP contribution in [0.5, 0.6) is 11.5 Å². The molecule has 0 spiro atoms. The zero-order valence-corrected chi connectivity index (χ0v) is 14.2. The summed E-state index contributed by atoms with van der Waals surface area (Å²) in [5.74, 6) is 0.700. The number of rotatable bonds is 8. The molecule has 3 aromatic rings. The van der Waals surface area contributed by atoms with Gasteiger partial charge in [-0.25, -0.2) is 4.98 Å². The first-order valence-corrected chi connectivity index (χ1v) is 8.66. The molecule has 5 nitrogen and oxygen atoms in total. The maximum atomic E-state index is 10.7. The molecule has 0 fully saturated rings. The van der Waals surface area contributed by atoms with Crippen LogP contribution in [0.15, 0.2) is 60.0 Å². The molecule has 0 radical (unpaired) electrons. The Morgan fingerprint density at radius 3 is 2.24 bits per heavy atom. The number of hydrogen-bond acceptors (Lipinski definition) is 5. The average molecular weight is 355 g/mol. The number of aliphatic carboxylic acids is 1. The van der Waals surface area contributed by atoms with E-state index in [2.05, 4.69) is 4.98 Å². The lowest BCUT2D eigenvalue weighted by molar-refractivity contribution is -0.136. The molecule has 1 aromatic heterocycles. The van der Waals surface area contributed by atoms with E-state index < -0.39 is 5.97 Å². The fraction of sp³-hybridized carbons (Fsp3) is 0.158. The summed E-state index contributed by atoms with van der Waals surface area (Å²) in [7, 11) is 0. The predicted octanol–water partition coefficient (Wildman–Crippen LogP) is 3.90. The molecule has 3 rings (SSSR count). The maximum Gasteiger partial charge on any atom is 0.310 e. The van der Waals surface area contributed by atoms with Crippen LogP contribution in [0.4, 0.5) is 0 Å². The van der Waals surface area contributed by atoms with Crippen molar-refractivity contribution in [1.82, 2.24) is 4.98 Å². The third-order valence-electron chi connectivity index (χ3n) is 3.37. The monoisotopic (exact) mass is 355 g/mol. The van der Waals surface area contributed by atoms with Crippen molar-refractivity contribution in [2.75, 3.05) is 13.2 Å². The number of carboxylic acids is 1. The minimum absolute atomic E-state index is 0.0483. The molecule has 0 bridgehead atoms. The van der Waals surface area contributed by atoms with E-state index in [1.165, 1.54) is 11.3 Å². The Labute approximate surface area is 149 Å². The van der Waals surface area contributed by atoms with Crippen LogP contribution in [0.2, 0.25) is 0 Å². The van der Waals surface area contributed by atoms with E-state index in [0.717, 1.165) is 22.8 Å². The highest BCUT2D eigenvalue weighted by Gasteiger charge is 2.08. The smallest absolute Gasteiger partial charge is 0.310 e. The standard InChI is InChI=1S/C19H17NO4S/c21-19(22)12-18-20-17(13-25-18)14-6-8-16(9-7-14)24-11-10-23-15-4-2-1-3-5-15/h1-9,13H,10-12H2,(H,21,22). The minimum atomic E-state index is -0.873. The summed E-state index contributed by atoms with van der Waals surface area (Å²) in [6.45, 7) is 0.921. The van der Waals surface area contributed by atoms with Gasteiger partial charge in [-0.2, -0.15) is 0 Å². The van der Waals surface area contributed by atoms with E-state index in [0.29, 0.717) is 18.2 Å². The van der Waals surface area contributed by atoms with Crippen LogP contribution in [0.25, 0.3) is 11.3 Å². The van der Waals surface area contributed by atoms with Gasteiger partial charge in [0.2, 0.25) is 0 Å². The van der Waals surface area contributed by atoms with Crippen molar-refractivity contribution in [2.45, 2.75) is 6.42 Å². The first-order chi connectivity index (χ1) is 12.2. The first-order valence-electron chi connectivity index (χ1n) is 7.78. The number of thiazole rings is 1. The molecule has 1 heterocycles. The molecule has 128 valence electrons. The third kappa shape index (κ3) is 5.06. The quantitative estimate of drug-likeness (QED) is 0.621. The Balaban J connectivity index is 1.50. The molecule has 0 atom stereocenters. The topological polar surface area (TPSA) is 68.7 Å². The van der Waals surface area contributed by atoms with E-state index in [9.17, 15) is 4.79 Å². The van der Waals surface area contributed by atoms with Crippen LogP contribution in [0.3, 0.4) is 0 Å². The van der Waals surface area contributed by atoms with E-state index in [4.69, 9.17) is 14.6 Å². The minimum Gasteiger partial charge on any atom is -0.490 e. The molecule has 0 aliphatic carbocycles. The highest BCUT2D eigenvalue weighted by Crippen LogP contribution is 2.24. The van der Waals surface area contributed by atoms with Gasteiger partial charge in [0.05, 0.1) is 12.1 Å². The Bertz CT molecular complexity index is 815. The van der Waals surface area contributed by atoms with Crippen LogP contribution in [0, 0.1) is 0 Å². The number of aromatic nitrogens is 1. The summed E-state index contributed by atoms with van der Waals surface area (Å²) in [6.07, 6.45) is -0.0483. The molecule has 0 aliphatic rings. The zero-order valence-electron chi connectivity index (χ0n) is 13.4. The molecular formula is C19H17NO4S. The Kier molecular flexibility index (Phi) is 5.64. The molecule has 6 heteroatoms. The van der Waals surface area contributed by atoms with Gasteiger partial charge < -0.3 is 14.6 Å². The van der Waals surface area contributed by atoms with Crippen molar-refractivity contribution in [3.63, 3.8) is 0 Å². The van der Waals surface area contributed by atoms with Crippen molar-refractivity contribution >= 4 is 17.3 Å². The van der Waals surface area contributed by atoms with Gasteiger partial charge in [-0.15, -0.1) is 11.3 Å². The second-order valence-corrected chi connectivity index (χ2v) is 6.17. The average Bonchev–Trinajstić information content (AvgIpc) is 3.08. The number of ether oxygens (including phenoxy) is 2. The van der Waals surface area contributed by atoms with Crippen molar-refractivity contribution in [3.8, 4) is 22.8 Å². The summed E-state index contributed by atoms with van der Waals surface area (Å²) >= 11 is 1.35.